The zero-order valence-electron chi connectivity index (χ0n) is 15.4. The number of benzene rings is 1. The highest BCUT2D eigenvalue weighted by molar-refractivity contribution is 6.63. The second-order valence-corrected chi connectivity index (χ2v) is 7.40. The molecule has 5 nitrogen and oxygen atoms in total. The fraction of sp³-hybridized carbons (Fsp3) is 0.421. The molecular formula is C19H24BNO4. The van der Waals surface area contributed by atoms with Crippen molar-refractivity contribution in [1.82, 2.24) is 4.57 Å². The first-order chi connectivity index (χ1) is 11.7. The summed E-state index contributed by atoms with van der Waals surface area (Å²) in [5.74, 6) is 0.491. The van der Waals surface area contributed by atoms with Gasteiger partial charge in [-0.15, -0.1) is 0 Å². The zero-order valence-corrected chi connectivity index (χ0v) is 15.4. The lowest BCUT2D eigenvalue weighted by Crippen LogP contribution is -2.41. The van der Waals surface area contributed by atoms with Crippen LogP contribution in [0.15, 0.2) is 47.4 Å². The molecule has 0 amide bonds. The van der Waals surface area contributed by atoms with Gasteiger partial charge in [0, 0.05) is 24.8 Å². The quantitative estimate of drug-likeness (QED) is 0.801. The Morgan fingerprint density at radius 2 is 1.68 bits per heavy atom. The van der Waals surface area contributed by atoms with Gasteiger partial charge < -0.3 is 18.6 Å². The van der Waals surface area contributed by atoms with Gasteiger partial charge in [-0.1, -0.05) is 30.3 Å². The van der Waals surface area contributed by atoms with Gasteiger partial charge in [-0.25, -0.2) is 0 Å². The van der Waals surface area contributed by atoms with Gasteiger partial charge in [-0.05, 0) is 33.3 Å². The molecule has 0 atom stereocenters. The molecule has 0 aliphatic carbocycles. The molecule has 1 aliphatic heterocycles. The first-order valence-electron chi connectivity index (χ1n) is 8.42. The van der Waals surface area contributed by atoms with Crippen LogP contribution in [0.1, 0.15) is 33.3 Å². The van der Waals surface area contributed by atoms with Crippen LogP contribution in [0.25, 0.3) is 0 Å². The molecule has 2 aromatic rings. The Hall–Kier alpha value is -2.05. The lowest BCUT2D eigenvalue weighted by Gasteiger charge is -2.32. The van der Waals surface area contributed by atoms with E-state index < -0.39 is 18.3 Å². The molecule has 3 rings (SSSR count). The number of aromatic nitrogens is 1. The summed E-state index contributed by atoms with van der Waals surface area (Å²) in [7, 11) is 1.13. The molecule has 1 aliphatic rings. The molecule has 6 heteroatoms. The van der Waals surface area contributed by atoms with Crippen molar-refractivity contribution in [3.05, 3.63) is 58.5 Å². The SMILES string of the molecule is Cn1cc(B2OC(C)(C)C(C)(C)O2)c(OCc2ccccc2)cc1=O. The highest BCUT2D eigenvalue weighted by atomic mass is 16.7. The van der Waals surface area contributed by atoms with E-state index in [1.807, 2.05) is 58.0 Å². The predicted molar refractivity (Wildman–Crippen MR) is 98.2 cm³/mol. The van der Waals surface area contributed by atoms with Gasteiger partial charge in [0.05, 0.1) is 11.2 Å². The van der Waals surface area contributed by atoms with Crippen LogP contribution in [-0.4, -0.2) is 22.9 Å². The van der Waals surface area contributed by atoms with Crippen molar-refractivity contribution in [3.63, 3.8) is 0 Å². The topological polar surface area (TPSA) is 49.7 Å². The summed E-state index contributed by atoms with van der Waals surface area (Å²) in [5.41, 5.74) is 0.703. The number of ether oxygens (including phenoxy) is 1. The molecule has 132 valence electrons. The molecule has 0 saturated carbocycles. The van der Waals surface area contributed by atoms with Crippen LogP contribution in [0.2, 0.25) is 0 Å². The molecule has 25 heavy (non-hydrogen) atoms. The molecule has 1 saturated heterocycles. The standard InChI is InChI=1S/C19H24BNO4/c1-18(2)19(3,4)25-20(24-18)15-12-21(5)17(22)11-16(15)23-13-14-9-7-6-8-10-14/h6-12H,13H2,1-5H3. The number of aryl methyl sites for hydroxylation is 1. The van der Waals surface area contributed by atoms with E-state index in [2.05, 4.69) is 0 Å². The maximum Gasteiger partial charge on any atom is 0.500 e. The Morgan fingerprint density at radius 1 is 1.08 bits per heavy atom. The summed E-state index contributed by atoms with van der Waals surface area (Å²) < 4.78 is 19.7. The number of nitrogens with zero attached hydrogens (tertiary/aromatic N) is 1. The predicted octanol–water partition coefficient (Wildman–Crippen LogP) is 2.26. The van der Waals surface area contributed by atoms with Crippen LogP contribution in [-0.2, 0) is 23.0 Å². The summed E-state index contributed by atoms with van der Waals surface area (Å²) in [4.78, 5) is 12.1. The first kappa shape index (κ1) is 17.8. The Morgan fingerprint density at radius 3 is 2.28 bits per heavy atom. The van der Waals surface area contributed by atoms with Gasteiger partial charge in [-0.3, -0.25) is 4.79 Å². The molecule has 0 bridgehead atoms. The van der Waals surface area contributed by atoms with Crippen LogP contribution >= 0.6 is 0 Å². The van der Waals surface area contributed by atoms with Crippen LogP contribution in [0.5, 0.6) is 5.75 Å². The minimum Gasteiger partial charge on any atom is -0.489 e. The van der Waals surface area contributed by atoms with Crippen molar-refractivity contribution >= 4 is 12.6 Å². The first-order valence-corrected chi connectivity index (χ1v) is 8.42. The number of rotatable bonds is 4. The van der Waals surface area contributed by atoms with E-state index in [0.29, 0.717) is 12.4 Å². The highest BCUT2D eigenvalue weighted by Crippen LogP contribution is 2.37. The minimum absolute atomic E-state index is 0.136. The maximum absolute atomic E-state index is 12.1. The van der Waals surface area contributed by atoms with Crippen molar-refractivity contribution in [2.75, 3.05) is 0 Å². The summed E-state index contributed by atoms with van der Waals surface area (Å²) >= 11 is 0. The van der Waals surface area contributed by atoms with Gasteiger partial charge in [0.15, 0.2) is 0 Å². The van der Waals surface area contributed by atoms with Crippen molar-refractivity contribution in [2.24, 2.45) is 7.05 Å². The second-order valence-electron chi connectivity index (χ2n) is 7.40. The maximum atomic E-state index is 12.1. The lowest BCUT2D eigenvalue weighted by molar-refractivity contribution is 0.00578. The summed E-state index contributed by atoms with van der Waals surface area (Å²) in [5, 5.41) is 0. The smallest absolute Gasteiger partial charge is 0.489 e. The van der Waals surface area contributed by atoms with Gasteiger partial charge in [0.1, 0.15) is 12.4 Å². The Balaban J connectivity index is 1.91. The number of pyridine rings is 1. The van der Waals surface area contributed by atoms with Crippen LogP contribution in [0, 0.1) is 0 Å². The van der Waals surface area contributed by atoms with E-state index >= 15 is 0 Å². The Bertz CT molecular complexity index is 798. The van der Waals surface area contributed by atoms with Crippen LogP contribution in [0.4, 0.5) is 0 Å². The lowest BCUT2D eigenvalue weighted by atomic mass is 9.79. The molecule has 0 spiro atoms. The average Bonchev–Trinajstić information content (AvgIpc) is 2.77. The van der Waals surface area contributed by atoms with Crippen molar-refractivity contribution in [1.29, 1.82) is 0 Å². The molecule has 0 radical (unpaired) electrons. The molecule has 0 N–H and O–H groups in total. The van der Waals surface area contributed by atoms with E-state index in [9.17, 15) is 4.79 Å². The van der Waals surface area contributed by atoms with Crippen LogP contribution in [0.3, 0.4) is 0 Å². The third-order valence-corrected chi connectivity index (χ3v) is 4.96. The Kier molecular flexibility index (Phi) is 4.52. The van der Waals surface area contributed by atoms with Crippen molar-refractivity contribution in [3.8, 4) is 5.75 Å². The molecule has 1 fully saturated rings. The van der Waals surface area contributed by atoms with Gasteiger partial charge in [0.25, 0.3) is 5.56 Å². The summed E-state index contributed by atoms with van der Waals surface area (Å²) in [6.45, 7) is 8.37. The van der Waals surface area contributed by atoms with Gasteiger partial charge in [-0.2, -0.15) is 0 Å². The largest absolute Gasteiger partial charge is 0.500 e. The monoisotopic (exact) mass is 341 g/mol. The third-order valence-electron chi connectivity index (χ3n) is 4.96. The van der Waals surface area contributed by atoms with Gasteiger partial charge in [0.2, 0.25) is 0 Å². The molecular weight excluding hydrogens is 317 g/mol. The van der Waals surface area contributed by atoms with Gasteiger partial charge >= 0.3 is 7.12 Å². The van der Waals surface area contributed by atoms with Crippen molar-refractivity contribution in [2.45, 2.75) is 45.5 Å². The molecule has 1 aromatic carbocycles. The van der Waals surface area contributed by atoms with E-state index in [1.165, 1.54) is 10.6 Å². The van der Waals surface area contributed by atoms with E-state index in [0.717, 1.165) is 11.0 Å². The average molecular weight is 341 g/mol. The molecule has 2 heterocycles. The minimum atomic E-state index is -0.581. The third kappa shape index (κ3) is 3.50. The number of hydrogen-bond acceptors (Lipinski definition) is 4. The summed E-state index contributed by atoms with van der Waals surface area (Å²) in [6, 6.07) is 11.3. The second kappa shape index (κ2) is 6.35. The van der Waals surface area contributed by atoms with Crippen molar-refractivity contribution < 1.29 is 14.0 Å². The molecule has 0 unspecified atom stereocenters. The fourth-order valence-electron chi connectivity index (χ4n) is 2.64. The normalized spacial score (nSPS) is 18.4. The van der Waals surface area contributed by atoms with Crippen LogP contribution < -0.4 is 15.8 Å². The highest BCUT2D eigenvalue weighted by Gasteiger charge is 2.52. The Labute approximate surface area is 148 Å². The van der Waals surface area contributed by atoms with E-state index in [-0.39, 0.29) is 5.56 Å². The zero-order chi connectivity index (χ0) is 18.2. The van der Waals surface area contributed by atoms with E-state index in [1.54, 1.807) is 13.2 Å². The van der Waals surface area contributed by atoms with E-state index in [4.69, 9.17) is 14.0 Å². The summed E-state index contributed by atoms with van der Waals surface area (Å²) in [6.07, 6.45) is 1.73. The molecule has 1 aromatic heterocycles. The fourth-order valence-corrected chi connectivity index (χ4v) is 2.64. The number of hydrogen-bond donors (Lipinski definition) is 0.